The molecule has 0 heterocycles. The van der Waals surface area contributed by atoms with Crippen molar-refractivity contribution in [2.45, 2.75) is 19.3 Å². The highest BCUT2D eigenvalue weighted by Gasteiger charge is 2.09. The Morgan fingerprint density at radius 1 is 1.53 bits per heavy atom. The van der Waals surface area contributed by atoms with Crippen LogP contribution in [0.2, 0.25) is 5.02 Å². The Labute approximate surface area is 93.6 Å². The molecule has 1 N–H and O–H groups in total. The summed E-state index contributed by atoms with van der Waals surface area (Å²) < 4.78 is 4.97. The molecule has 1 aromatic rings. The van der Waals surface area contributed by atoms with Crippen LogP contribution in [0.15, 0.2) is 12.1 Å². The van der Waals surface area contributed by atoms with Gasteiger partial charge < -0.3 is 14.6 Å². The number of halogens is 1. The van der Waals surface area contributed by atoms with Gasteiger partial charge in [-0.1, -0.05) is 11.6 Å². The van der Waals surface area contributed by atoms with Gasteiger partial charge in [0.15, 0.2) is 11.5 Å². The largest absolute Gasteiger partial charge is 0.504 e. The molecule has 0 bridgehead atoms. The molecule has 3 nitrogen and oxygen atoms in total. The lowest BCUT2D eigenvalue weighted by Gasteiger charge is -2.09. The molecule has 0 saturated heterocycles. The molecular formula is C11H13ClO3. The van der Waals surface area contributed by atoms with Crippen LogP contribution in [0.5, 0.6) is 11.5 Å². The van der Waals surface area contributed by atoms with E-state index in [1.165, 1.54) is 7.11 Å². The molecule has 0 aliphatic carbocycles. The average molecular weight is 229 g/mol. The fraction of sp³-hybridized carbons (Fsp3) is 0.364. The third-order valence-electron chi connectivity index (χ3n) is 2.11. The molecule has 0 saturated carbocycles. The maximum Gasteiger partial charge on any atom is 0.162 e. The molecule has 0 amide bonds. The van der Waals surface area contributed by atoms with E-state index in [9.17, 15) is 9.90 Å². The van der Waals surface area contributed by atoms with Crippen molar-refractivity contribution < 1.29 is 14.6 Å². The zero-order chi connectivity index (χ0) is 11.3. The van der Waals surface area contributed by atoms with Crippen LogP contribution in [-0.4, -0.2) is 18.5 Å². The second-order valence-electron chi connectivity index (χ2n) is 3.17. The lowest BCUT2D eigenvalue weighted by atomic mass is 10.1. The predicted molar refractivity (Wildman–Crippen MR) is 58.7 cm³/mol. The van der Waals surface area contributed by atoms with E-state index in [1.807, 2.05) is 0 Å². The van der Waals surface area contributed by atoms with Crippen LogP contribution in [0.3, 0.4) is 0 Å². The first-order chi connectivity index (χ1) is 7.19. The number of hydrogen-bond donors (Lipinski definition) is 1. The number of carbonyl (C=O) groups excluding carboxylic acids is 1. The predicted octanol–water partition coefficient (Wildman–Crippen LogP) is 2.58. The number of aromatic hydroxyl groups is 1. The number of methoxy groups -OCH3 is 1. The van der Waals surface area contributed by atoms with Gasteiger partial charge >= 0.3 is 0 Å². The Bertz CT molecular complexity index is 350. The van der Waals surface area contributed by atoms with Crippen LogP contribution in [0.25, 0.3) is 0 Å². The van der Waals surface area contributed by atoms with E-state index in [0.29, 0.717) is 35.6 Å². The van der Waals surface area contributed by atoms with Crippen molar-refractivity contribution in [3.63, 3.8) is 0 Å². The second kappa shape index (κ2) is 5.61. The highest BCUT2D eigenvalue weighted by molar-refractivity contribution is 6.30. The van der Waals surface area contributed by atoms with Gasteiger partial charge in [-0.3, -0.25) is 0 Å². The van der Waals surface area contributed by atoms with Crippen LogP contribution < -0.4 is 4.74 Å². The number of benzene rings is 1. The van der Waals surface area contributed by atoms with Crippen molar-refractivity contribution >= 4 is 17.9 Å². The molecule has 0 radical (unpaired) electrons. The van der Waals surface area contributed by atoms with E-state index in [-0.39, 0.29) is 5.75 Å². The van der Waals surface area contributed by atoms with Crippen LogP contribution in [0.1, 0.15) is 18.4 Å². The van der Waals surface area contributed by atoms with Gasteiger partial charge in [-0.15, -0.1) is 0 Å². The summed E-state index contributed by atoms with van der Waals surface area (Å²) in [6.07, 6.45) is 2.65. The minimum atomic E-state index is 0.104. The average Bonchev–Trinajstić information content (AvgIpc) is 2.23. The van der Waals surface area contributed by atoms with Crippen molar-refractivity contribution in [3.05, 3.63) is 22.7 Å². The summed E-state index contributed by atoms with van der Waals surface area (Å²) in [5.74, 6) is 0.469. The summed E-state index contributed by atoms with van der Waals surface area (Å²) >= 11 is 5.85. The van der Waals surface area contributed by atoms with Crippen molar-refractivity contribution in [1.82, 2.24) is 0 Å². The number of rotatable bonds is 5. The van der Waals surface area contributed by atoms with Gasteiger partial charge in [0.25, 0.3) is 0 Å². The lowest BCUT2D eigenvalue weighted by molar-refractivity contribution is -0.107. The highest BCUT2D eigenvalue weighted by atomic mass is 35.5. The van der Waals surface area contributed by atoms with E-state index in [2.05, 4.69) is 0 Å². The van der Waals surface area contributed by atoms with Crippen LogP contribution >= 0.6 is 11.6 Å². The Hall–Kier alpha value is -1.22. The first kappa shape index (κ1) is 11.9. The number of hydrogen-bond acceptors (Lipinski definition) is 3. The van der Waals surface area contributed by atoms with Crippen molar-refractivity contribution in [2.75, 3.05) is 7.11 Å². The van der Waals surface area contributed by atoms with E-state index in [4.69, 9.17) is 16.3 Å². The van der Waals surface area contributed by atoms with Gasteiger partial charge in [-0.05, 0) is 24.5 Å². The number of aryl methyl sites for hydroxylation is 1. The molecule has 0 spiro atoms. The third-order valence-corrected chi connectivity index (χ3v) is 2.32. The summed E-state index contributed by atoms with van der Waals surface area (Å²) in [6.45, 7) is 0. The van der Waals surface area contributed by atoms with Crippen molar-refractivity contribution in [1.29, 1.82) is 0 Å². The van der Waals surface area contributed by atoms with E-state index >= 15 is 0 Å². The zero-order valence-corrected chi connectivity index (χ0v) is 9.25. The topological polar surface area (TPSA) is 46.5 Å². The molecule has 15 heavy (non-hydrogen) atoms. The number of aldehydes is 1. The normalized spacial score (nSPS) is 10.0. The zero-order valence-electron chi connectivity index (χ0n) is 8.50. The van der Waals surface area contributed by atoms with Gasteiger partial charge in [0.2, 0.25) is 0 Å². The van der Waals surface area contributed by atoms with E-state index in [1.54, 1.807) is 12.1 Å². The number of phenolic OH excluding ortho intramolecular Hbond substituents is 1. The molecule has 4 heteroatoms. The van der Waals surface area contributed by atoms with Crippen LogP contribution in [-0.2, 0) is 11.2 Å². The highest BCUT2D eigenvalue weighted by Crippen LogP contribution is 2.34. The monoisotopic (exact) mass is 228 g/mol. The lowest BCUT2D eigenvalue weighted by Crippen LogP contribution is -1.91. The van der Waals surface area contributed by atoms with Gasteiger partial charge in [0, 0.05) is 17.5 Å². The Kier molecular flexibility index (Phi) is 4.43. The number of unbranched alkanes of at least 4 members (excludes halogenated alkanes) is 1. The summed E-state index contributed by atoms with van der Waals surface area (Å²) in [5, 5.41) is 10.3. The number of ether oxygens (including phenoxy) is 1. The molecule has 1 rings (SSSR count). The minimum Gasteiger partial charge on any atom is -0.504 e. The third kappa shape index (κ3) is 3.13. The first-order valence-electron chi connectivity index (χ1n) is 4.68. The summed E-state index contributed by atoms with van der Waals surface area (Å²) in [7, 11) is 1.47. The van der Waals surface area contributed by atoms with Gasteiger partial charge in [0.1, 0.15) is 6.29 Å². The molecule has 0 aliphatic heterocycles. The molecule has 0 unspecified atom stereocenters. The summed E-state index contributed by atoms with van der Waals surface area (Å²) in [4.78, 5) is 10.2. The maximum absolute atomic E-state index is 10.2. The standard InChI is InChI=1S/C11H13ClO3/c1-15-10-7-9(12)6-8(11(10)14)4-2-3-5-13/h5-7,14H,2-4H2,1H3. The molecule has 0 aromatic heterocycles. The Morgan fingerprint density at radius 2 is 2.27 bits per heavy atom. The molecule has 1 aromatic carbocycles. The number of phenols is 1. The molecule has 0 aliphatic rings. The molecular weight excluding hydrogens is 216 g/mol. The van der Waals surface area contributed by atoms with Gasteiger partial charge in [0.05, 0.1) is 7.11 Å². The summed E-state index contributed by atoms with van der Waals surface area (Å²) in [5.41, 5.74) is 0.709. The molecule has 82 valence electrons. The van der Waals surface area contributed by atoms with Gasteiger partial charge in [-0.25, -0.2) is 0 Å². The quantitative estimate of drug-likeness (QED) is 0.622. The van der Waals surface area contributed by atoms with Gasteiger partial charge in [-0.2, -0.15) is 0 Å². The summed E-state index contributed by atoms with van der Waals surface area (Å²) in [6, 6.07) is 3.24. The molecule has 0 atom stereocenters. The Morgan fingerprint density at radius 3 is 2.87 bits per heavy atom. The molecule has 0 fully saturated rings. The SMILES string of the molecule is COc1cc(Cl)cc(CCCC=O)c1O. The fourth-order valence-corrected chi connectivity index (χ4v) is 1.58. The van der Waals surface area contributed by atoms with Crippen LogP contribution in [0, 0.1) is 0 Å². The van der Waals surface area contributed by atoms with Crippen molar-refractivity contribution in [3.8, 4) is 11.5 Å². The number of carbonyl (C=O) groups is 1. The Balaban J connectivity index is 2.86. The fourth-order valence-electron chi connectivity index (χ4n) is 1.35. The van der Waals surface area contributed by atoms with E-state index < -0.39 is 0 Å². The van der Waals surface area contributed by atoms with Crippen LogP contribution in [0.4, 0.5) is 0 Å². The smallest absolute Gasteiger partial charge is 0.162 e. The first-order valence-corrected chi connectivity index (χ1v) is 5.06. The second-order valence-corrected chi connectivity index (χ2v) is 3.61. The van der Waals surface area contributed by atoms with E-state index in [0.717, 1.165) is 6.29 Å². The van der Waals surface area contributed by atoms with Crippen molar-refractivity contribution in [2.24, 2.45) is 0 Å². The maximum atomic E-state index is 10.2. The minimum absolute atomic E-state index is 0.104.